The molecule has 1 heterocycles. The lowest BCUT2D eigenvalue weighted by atomic mass is 10.2. The van der Waals surface area contributed by atoms with Crippen molar-refractivity contribution in [2.45, 2.75) is 0 Å². The van der Waals surface area contributed by atoms with E-state index in [-0.39, 0.29) is 12.6 Å². The summed E-state index contributed by atoms with van der Waals surface area (Å²) >= 11 is 3.44. The van der Waals surface area contributed by atoms with Crippen molar-refractivity contribution >= 4 is 27.8 Å². The quantitative estimate of drug-likeness (QED) is 0.685. The number of benzene rings is 2. The molecule has 20 heavy (non-hydrogen) atoms. The maximum Gasteiger partial charge on any atom is 0.231 e. The van der Waals surface area contributed by atoms with Gasteiger partial charge in [-0.15, -0.1) is 0 Å². The van der Waals surface area contributed by atoms with E-state index in [1.165, 1.54) is 12.1 Å². The van der Waals surface area contributed by atoms with E-state index in [1.54, 1.807) is 18.3 Å². The van der Waals surface area contributed by atoms with Gasteiger partial charge >= 0.3 is 0 Å². The third-order valence-corrected chi connectivity index (χ3v) is 3.42. The lowest BCUT2D eigenvalue weighted by molar-refractivity contribution is 0.174. The molecule has 0 radical (unpaired) electrons. The Bertz CT molecular complexity index is 659. The zero-order chi connectivity index (χ0) is 13.9. The Morgan fingerprint density at radius 3 is 2.60 bits per heavy atom. The molecule has 102 valence electrons. The molecule has 0 fully saturated rings. The van der Waals surface area contributed by atoms with Gasteiger partial charge in [-0.25, -0.2) is 4.39 Å². The van der Waals surface area contributed by atoms with E-state index < -0.39 is 0 Å². The highest BCUT2D eigenvalue weighted by molar-refractivity contribution is 9.10. The van der Waals surface area contributed by atoms with E-state index >= 15 is 0 Å². The number of fused-ring (bicyclic) bond motifs is 1. The second kappa shape index (κ2) is 5.50. The van der Waals surface area contributed by atoms with Crippen molar-refractivity contribution in [3.05, 3.63) is 52.3 Å². The van der Waals surface area contributed by atoms with E-state index in [0.717, 1.165) is 10.0 Å². The van der Waals surface area contributed by atoms with Crippen LogP contribution in [0.1, 0.15) is 5.56 Å². The summed E-state index contributed by atoms with van der Waals surface area (Å²) < 4.78 is 24.2. The summed E-state index contributed by atoms with van der Waals surface area (Å²) in [5.74, 6) is 1.12. The zero-order valence-corrected chi connectivity index (χ0v) is 11.9. The van der Waals surface area contributed by atoms with Crippen molar-refractivity contribution in [1.29, 1.82) is 0 Å². The maximum atomic E-state index is 12.8. The van der Waals surface area contributed by atoms with Crippen LogP contribution in [0.4, 0.5) is 10.1 Å². The SMILES string of the molecule is Fc1ccc(N/N=C\c2cc3c(cc2Br)OCO3)cc1. The first-order chi connectivity index (χ1) is 9.72. The number of hydrazone groups is 1. The van der Waals surface area contributed by atoms with Crippen LogP contribution in [0.15, 0.2) is 46.0 Å². The van der Waals surface area contributed by atoms with Crippen LogP contribution in [0.5, 0.6) is 11.5 Å². The molecule has 6 heteroatoms. The molecule has 2 aromatic rings. The first-order valence-electron chi connectivity index (χ1n) is 5.86. The molecule has 3 rings (SSSR count). The molecule has 1 N–H and O–H groups in total. The number of nitrogens with zero attached hydrogens (tertiary/aromatic N) is 1. The highest BCUT2D eigenvalue weighted by Crippen LogP contribution is 2.36. The van der Waals surface area contributed by atoms with Crippen molar-refractivity contribution < 1.29 is 13.9 Å². The van der Waals surface area contributed by atoms with Crippen LogP contribution < -0.4 is 14.9 Å². The van der Waals surface area contributed by atoms with Crippen LogP contribution in [0.25, 0.3) is 0 Å². The monoisotopic (exact) mass is 336 g/mol. The average Bonchev–Trinajstić information content (AvgIpc) is 2.88. The van der Waals surface area contributed by atoms with Gasteiger partial charge in [0.15, 0.2) is 11.5 Å². The molecule has 0 saturated heterocycles. The van der Waals surface area contributed by atoms with Crippen LogP contribution in [0.2, 0.25) is 0 Å². The van der Waals surface area contributed by atoms with Crippen molar-refractivity contribution in [2.75, 3.05) is 12.2 Å². The van der Waals surface area contributed by atoms with Gasteiger partial charge in [-0.1, -0.05) is 0 Å². The Hall–Kier alpha value is -2.08. The lowest BCUT2D eigenvalue weighted by Gasteiger charge is -2.02. The molecule has 0 aromatic heterocycles. The third-order valence-electron chi connectivity index (χ3n) is 2.73. The standard InChI is InChI=1S/C14H10BrFN2O2/c15-12-6-14-13(19-8-20-14)5-9(12)7-17-18-11-3-1-10(16)2-4-11/h1-7,18H,8H2/b17-7-. The van der Waals surface area contributed by atoms with Crippen molar-refractivity contribution in [3.8, 4) is 11.5 Å². The fourth-order valence-corrected chi connectivity index (χ4v) is 2.16. The minimum Gasteiger partial charge on any atom is -0.454 e. The molecule has 2 aromatic carbocycles. The predicted octanol–water partition coefficient (Wildman–Crippen LogP) is 3.76. The summed E-state index contributed by atoms with van der Waals surface area (Å²) in [4.78, 5) is 0. The second-order valence-corrected chi connectivity index (χ2v) is 4.96. The molecular formula is C14H10BrFN2O2. The fraction of sp³-hybridized carbons (Fsp3) is 0.0714. The van der Waals surface area contributed by atoms with E-state index in [9.17, 15) is 4.39 Å². The van der Waals surface area contributed by atoms with Crippen molar-refractivity contribution in [1.82, 2.24) is 0 Å². The fourth-order valence-electron chi connectivity index (χ4n) is 1.73. The molecule has 0 saturated carbocycles. The number of nitrogens with one attached hydrogen (secondary N) is 1. The van der Waals surface area contributed by atoms with Gasteiger partial charge in [0.2, 0.25) is 6.79 Å². The molecule has 1 aliphatic rings. The van der Waals surface area contributed by atoms with Gasteiger partial charge in [-0.2, -0.15) is 5.10 Å². The van der Waals surface area contributed by atoms with Gasteiger partial charge in [0.05, 0.1) is 11.9 Å². The Labute approximate surface area is 123 Å². The number of hydrogen-bond donors (Lipinski definition) is 1. The molecule has 0 atom stereocenters. The Morgan fingerprint density at radius 1 is 1.15 bits per heavy atom. The number of rotatable bonds is 3. The van der Waals surface area contributed by atoms with Gasteiger partial charge in [0.25, 0.3) is 0 Å². The van der Waals surface area contributed by atoms with Gasteiger partial charge in [-0.05, 0) is 52.3 Å². The van der Waals surface area contributed by atoms with E-state index in [2.05, 4.69) is 26.5 Å². The van der Waals surface area contributed by atoms with E-state index in [0.29, 0.717) is 17.2 Å². The normalized spacial score (nSPS) is 12.9. The number of anilines is 1. The highest BCUT2D eigenvalue weighted by atomic mass is 79.9. The smallest absolute Gasteiger partial charge is 0.231 e. The number of halogens is 2. The second-order valence-electron chi connectivity index (χ2n) is 4.10. The Balaban J connectivity index is 1.74. The van der Waals surface area contributed by atoms with Crippen molar-refractivity contribution in [3.63, 3.8) is 0 Å². The molecule has 0 aliphatic carbocycles. The summed E-state index contributed by atoms with van der Waals surface area (Å²) in [7, 11) is 0. The summed E-state index contributed by atoms with van der Waals surface area (Å²) in [6.45, 7) is 0.232. The summed E-state index contributed by atoms with van der Waals surface area (Å²) in [5, 5.41) is 4.10. The van der Waals surface area contributed by atoms with Crippen molar-refractivity contribution in [2.24, 2.45) is 5.10 Å². The van der Waals surface area contributed by atoms with Gasteiger partial charge in [0, 0.05) is 10.0 Å². The van der Waals surface area contributed by atoms with Crippen LogP contribution in [-0.2, 0) is 0 Å². The largest absolute Gasteiger partial charge is 0.454 e. The summed E-state index contributed by atoms with van der Waals surface area (Å²) in [6.07, 6.45) is 1.65. The molecule has 4 nitrogen and oxygen atoms in total. The third kappa shape index (κ3) is 2.75. The molecule has 1 aliphatic heterocycles. The zero-order valence-electron chi connectivity index (χ0n) is 10.3. The lowest BCUT2D eigenvalue weighted by Crippen LogP contribution is -1.93. The van der Waals surface area contributed by atoms with Crippen LogP contribution in [0, 0.1) is 5.82 Å². The minimum atomic E-state index is -0.280. The highest BCUT2D eigenvalue weighted by Gasteiger charge is 2.15. The summed E-state index contributed by atoms with van der Waals surface area (Å²) in [5.41, 5.74) is 4.38. The summed E-state index contributed by atoms with van der Waals surface area (Å²) in [6, 6.07) is 9.63. The van der Waals surface area contributed by atoms with Gasteiger partial charge in [-0.3, -0.25) is 5.43 Å². The molecular weight excluding hydrogens is 327 g/mol. The molecule has 0 amide bonds. The average molecular weight is 337 g/mol. The molecule has 0 spiro atoms. The van der Waals surface area contributed by atoms with Gasteiger partial charge < -0.3 is 9.47 Å². The molecule has 0 bridgehead atoms. The first kappa shape index (κ1) is 12.9. The first-order valence-corrected chi connectivity index (χ1v) is 6.65. The van der Waals surface area contributed by atoms with Gasteiger partial charge in [0.1, 0.15) is 5.82 Å². The Kier molecular flexibility index (Phi) is 3.56. The molecule has 0 unspecified atom stereocenters. The topological polar surface area (TPSA) is 42.9 Å². The van der Waals surface area contributed by atoms with Crippen LogP contribution >= 0.6 is 15.9 Å². The van der Waals surface area contributed by atoms with Crippen LogP contribution in [-0.4, -0.2) is 13.0 Å². The van der Waals surface area contributed by atoms with E-state index in [4.69, 9.17) is 9.47 Å². The number of ether oxygens (including phenoxy) is 2. The predicted molar refractivity (Wildman–Crippen MR) is 77.9 cm³/mol. The number of hydrogen-bond acceptors (Lipinski definition) is 4. The minimum absolute atomic E-state index is 0.232. The van der Waals surface area contributed by atoms with E-state index in [1.807, 2.05) is 12.1 Å². The van der Waals surface area contributed by atoms with Crippen LogP contribution in [0.3, 0.4) is 0 Å². The Morgan fingerprint density at radius 2 is 1.85 bits per heavy atom. The maximum absolute atomic E-state index is 12.8.